The predicted octanol–water partition coefficient (Wildman–Crippen LogP) is 4.07. The van der Waals surface area contributed by atoms with Gasteiger partial charge >= 0.3 is 0 Å². The van der Waals surface area contributed by atoms with Crippen LogP contribution in [0.25, 0.3) is 0 Å². The van der Waals surface area contributed by atoms with Gasteiger partial charge < -0.3 is 4.74 Å². The summed E-state index contributed by atoms with van der Waals surface area (Å²) < 4.78 is 5.15. The molecule has 2 nitrogen and oxygen atoms in total. The smallest absolute Gasteiger partial charge is 0.133 e. The summed E-state index contributed by atoms with van der Waals surface area (Å²) in [6.07, 6.45) is 4.25. The second-order valence-corrected chi connectivity index (χ2v) is 6.21. The summed E-state index contributed by atoms with van der Waals surface area (Å²) in [4.78, 5) is 12.8. The number of Topliss-reactive ketones (excluding diaryl/α,β-unsaturated/α-hetero) is 1. The molecule has 0 bridgehead atoms. The number of rotatable bonds is 5. The molecule has 0 aromatic heterocycles. The van der Waals surface area contributed by atoms with Crippen LogP contribution < -0.4 is 0 Å². The molecule has 2 atom stereocenters. The lowest BCUT2D eigenvalue weighted by molar-refractivity contribution is -0.117. The van der Waals surface area contributed by atoms with E-state index in [2.05, 4.69) is 31.2 Å². The standard InChI is InChI=1S/C16H20O2S/c1-12(11-18-2)16(13-8-9-14(17)10-13)19-15-6-4-3-5-7-15/h3-7,11,13,16H,8-10H2,1-2H3. The Morgan fingerprint density at radius 2 is 2.16 bits per heavy atom. The number of carbonyl (C=O) groups excluding carboxylic acids is 1. The van der Waals surface area contributed by atoms with E-state index in [9.17, 15) is 4.79 Å². The van der Waals surface area contributed by atoms with Crippen molar-refractivity contribution in [2.24, 2.45) is 5.92 Å². The van der Waals surface area contributed by atoms with Crippen molar-refractivity contribution in [3.05, 3.63) is 42.2 Å². The lowest BCUT2D eigenvalue weighted by atomic mass is 9.99. The van der Waals surface area contributed by atoms with Gasteiger partial charge in [0.1, 0.15) is 5.78 Å². The SMILES string of the molecule is COC=C(C)C(Sc1ccccc1)C1CCC(=O)C1. The Labute approximate surface area is 119 Å². The average Bonchev–Trinajstić information content (AvgIpc) is 2.84. The maximum absolute atomic E-state index is 11.5. The fourth-order valence-corrected chi connectivity index (χ4v) is 3.83. The molecule has 0 aliphatic heterocycles. The van der Waals surface area contributed by atoms with Gasteiger partial charge in [-0.25, -0.2) is 0 Å². The first-order valence-corrected chi connectivity index (χ1v) is 7.51. The third kappa shape index (κ3) is 3.87. The van der Waals surface area contributed by atoms with E-state index in [0.29, 0.717) is 23.4 Å². The lowest BCUT2D eigenvalue weighted by Gasteiger charge is -2.23. The van der Waals surface area contributed by atoms with Gasteiger partial charge in [0, 0.05) is 23.0 Å². The van der Waals surface area contributed by atoms with E-state index in [4.69, 9.17) is 4.74 Å². The number of methoxy groups -OCH3 is 1. The maximum atomic E-state index is 11.5. The minimum atomic E-state index is 0.328. The number of carbonyl (C=O) groups is 1. The van der Waals surface area contributed by atoms with Gasteiger partial charge in [0.2, 0.25) is 0 Å². The molecule has 0 amide bonds. The fourth-order valence-electron chi connectivity index (χ4n) is 2.56. The lowest BCUT2D eigenvalue weighted by Crippen LogP contribution is -2.16. The van der Waals surface area contributed by atoms with Gasteiger partial charge in [0.15, 0.2) is 0 Å². The molecule has 0 spiro atoms. The van der Waals surface area contributed by atoms with E-state index in [1.165, 1.54) is 10.5 Å². The molecule has 0 N–H and O–H groups in total. The molecule has 1 aliphatic carbocycles. The zero-order chi connectivity index (χ0) is 13.7. The summed E-state index contributed by atoms with van der Waals surface area (Å²) in [5.74, 6) is 0.831. The van der Waals surface area contributed by atoms with Gasteiger partial charge in [-0.05, 0) is 37.0 Å². The monoisotopic (exact) mass is 276 g/mol. The topological polar surface area (TPSA) is 26.3 Å². The molecule has 3 heteroatoms. The zero-order valence-corrected chi connectivity index (χ0v) is 12.3. The first-order valence-electron chi connectivity index (χ1n) is 6.63. The zero-order valence-electron chi connectivity index (χ0n) is 11.5. The van der Waals surface area contributed by atoms with Gasteiger partial charge in [0.05, 0.1) is 13.4 Å². The number of benzene rings is 1. The van der Waals surface area contributed by atoms with Crippen LogP contribution in [0.15, 0.2) is 47.1 Å². The minimum absolute atomic E-state index is 0.328. The van der Waals surface area contributed by atoms with Crippen molar-refractivity contribution in [3.63, 3.8) is 0 Å². The van der Waals surface area contributed by atoms with Crippen LogP contribution in [0.5, 0.6) is 0 Å². The average molecular weight is 276 g/mol. The Hall–Kier alpha value is -1.22. The van der Waals surface area contributed by atoms with Crippen LogP contribution in [0.4, 0.5) is 0 Å². The first kappa shape index (κ1) is 14.2. The molecule has 102 valence electrons. The van der Waals surface area contributed by atoms with Crippen LogP contribution in [-0.2, 0) is 9.53 Å². The maximum Gasteiger partial charge on any atom is 0.133 e. The summed E-state index contributed by atoms with van der Waals surface area (Å²) in [6.45, 7) is 2.09. The van der Waals surface area contributed by atoms with E-state index in [0.717, 1.165) is 12.8 Å². The molecular weight excluding hydrogens is 256 g/mol. The molecule has 0 saturated heterocycles. The third-order valence-electron chi connectivity index (χ3n) is 3.47. The molecule has 0 radical (unpaired) electrons. The normalized spacial score (nSPS) is 21.5. The highest BCUT2D eigenvalue weighted by atomic mass is 32.2. The minimum Gasteiger partial charge on any atom is -0.504 e. The van der Waals surface area contributed by atoms with Crippen LogP contribution in [0, 0.1) is 5.92 Å². The molecule has 2 rings (SSSR count). The van der Waals surface area contributed by atoms with Gasteiger partial charge in [-0.3, -0.25) is 4.79 Å². The van der Waals surface area contributed by atoms with E-state index >= 15 is 0 Å². The van der Waals surface area contributed by atoms with Gasteiger partial charge in [-0.15, -0.1) is 11.8 Å². The van der Waals surface area contributed by atoms with E-state index in [1.807, 2.05) is 24.1 Å². The Morgan fingerprint density at radius 3 is 2.74 bits per heavy atom. The summed E-state index contributed by atoms with van der Waals surface area (Å²) in [5, 5.41) is 0.328. The molecule has 1 fully saturated rings. The van der Waals surface area contributed by atoms with Gasteiger partial charge in [-0.2, -0.15) is 0 Å². The summed E-state index contributed by atoms with van der Waals surface area (Å²) in [6, 6.07) is 10.4. The number of thioether (sulfide) groups is 1. The molecule has 1 aromatic rings. The van der Waals surface area contributed by atoms with Crippen LogP contribution in [-0.4, -0.2) is 18.1 Å². The Morgan fingerprint density at radius 1 is 1.42 bits per heavy atom. The molecule has 1 aliphatic rings. The van der Waals surface area contributed by atoms with Crippen molar-refractivity contribution in [2.75, 3.05) is 7.11 Å². The van der Waals surface area contributed by atoms with Crippen LogP contribution >= 0.6 is 11.8 Å². The quantitative estimate of drug-likeness (QED) is 0.599. The number of ether oxygens (including phenoxy) is 1. The van der Waals surface area contributed by atoms with Crippen molar-refractivity contribution in [1.82, 2.24) is 0 Å². The van der Waals surface area contributed by atoms with Gasteiger partial charge in [0.25, 0.3) is 0 Å². The third-order valence-corrected chi connectivity index (χ3v) is 5.03. The molecule has 1 aromatic carbocycles. The number of ketones is 1. The van der Waals surface area contributed by atoms with Crippen molar-refractivity contribution in [1.29, 1.82) is 0 Å². The molecule has 0 heterocycles. The molecular formula is C16H20O2S. The van der Waals surface area contributed by atoms with Gasteiger partial charge in [-0.1, -0.05) is 18.2 Å². The van der Waals surface area contributed by atoms with Crippen molar-refractivity contribution in [2.45, 2.75) is 36.3 Å². The molecule has 19 heavy (non-hydrogen) atoms. The highest BCUT2D eigenvalue weighted by Gasteiger charge is 2.31. The Balaban J connectivity index is 2.15. The Bertz CT molecular complexity index is 453. The second-order valence-electron chi connectivity index (χ2n) is 4.99. The van der Waals surface area contributed by atoms with Crippen LogP contribution in [0.1, 0.15) is 26.2 Å². The highest BCUT2D eigenvalue weighted by molar-refractivity contribution is 8.00. The van der Waals surface area contributed by atoms with E-state index < -0.39 is 0 Å². The summed E-state index contributed by atoms with van der Waals surface area (Å²) in [7, 11) is 1.67. The second kappa shape index (κ2) is 6.80. The molecule has 1 saturated carbocycles. The highest BCUT2D eigenvalue weighted by Crippen LogP contribution is 2.39. The van der Waals surface area contributed by atoms with E-state index in [-0.39, 0.29) is 0 Å². The van der Waals surface area contributed by atoms with Crippen molar-refractivity contribution >= 4 is 17.5 Å². The van der Waals surface area contributed by atoms with Crippen LogP contribution in [0.2, 0.25) is 0 Å². The summed E-state index contributed by atoms with van der Waals surface area (Å²) >= 11 is 1.84. The van der Waals surface area contributed by atoms with Crippen LogP contribution in [0.3, 0.4) is 0 Å². The van der Waals surface area contributed by atoms with E-state index in [1.54, 1.807) is 7.11 Å². The number of hydrogen-bond acceptors (Lipinski definition) is 3. The summed E-state index contributed by atoms with van der Waals surface area (Å²) in [5.41, 5.74) is 1.20. The Kier molecular flexibility index (Phi) is 5.08. The first-order chi connectivity index (χ1) is 9.20. The van der Waals surface area contributed by atoms with Crippen molar-refractivity contribution in [3.8, 4) is 0 Å². The largest absolute Gasteiger partial charge is 0.504 e. The fraction of sp³-hybridized carbons (Fsp3) is 0.438. The predicted molar refractivity (Wildman–Crippen MR) is 79.2 cm³/mol. The van der Waals surface area contributed by atoms with Crippen molar-refractivity contribution < 1.29 is 9.53 Å². The number of hydrogen-bond donors (Lipinski definition) is 0. The molecule has 2 unspecified atom stereocenters.